The smallest absolute Gasteiger partial charge is 0.550 e. The van der Waals surface area contributed by atoms with Crippen LogP contribution in [0.1, 0.15) is 14.4 Å². The number of hydrogen-bond donors (Lipinski definition) is 0. The van der Waals surface area contributed by atoms with Crippen LogP contribution in [0.4, 0.5) is 0 Å². The van der Waals surface area contributed by atoms with Crippen molar-refractivity contribution < 1.29 is 28.8 Å². The number of hydrogen-bond acceptors (Lipinski definition) is 2. The molecule has 0 radical (unpaired) electrons. The van der Waals surface area contributed by atoms with Crippen LogP contribution in [0.2, 0.25) is 0 Å². The molecule has 0 atom stereocenters. The van der Waals surface area contributed by atoms with Crippen molar-refractivity contribution >= 4 is 5.97 Å². The van der Waals surface area contributed by atoms with Crippen LogP contribution in [0.15, 0.2) is 0 Å². The van der Waals surface area contributed by atoms with Gasteiger partial charge >= 0.3 is 18.9 Å². The first-order valence-corrected chi connectivity index (χ1v) is 0.908. The molecular formula is C3H7LiO2. The van der Waals surface area contributed by atoms with E-state index in [0.29, 0.717) is 0 Å². The van der Waals surface area contributed by atoms with Crippen LogP contribution in [0.25, 0.3) is 0 Å². The molecule has 0 aromatic rings. The molecule has 0 spiro atoms. The van der Waals surface area contributed by atoms with Gasteiger partial charge in [-0.2, -0.15) is 0 Å². The summed E-state index contributed by atoms with van der Waals surface area (Å²) in [4.78, 5) is 8.89. The van der Waals surface area contributed by atoms with Gasteiger partial charge in [-0.3, -0.25) is 0 Å². The normalized spacial score (nSPS) is 4.17. The molecule has 0 saturated heterocycles. The van der Waals surface area contributed by atoms with Crippen molar-refractivity contribution in [2.24, 2.45) is 0 Å². The molecule has 0 amide bonds. The molecule has 0 heterocycles. The fourth-order valence-corrected chi connectivity index (χ4v) is 0. The fraction of sp³-hybridized carbons (Fsp3) is 0.667. The van der Waals surface area contributed by atoms with Crippen LogP contribution in [0, 0.1) is 0 Å². The van der Waals surface area contributed by atoms with E-state index in [2.05, 4.69) is 0 Å². The quantitative estimate of drug-likeness (QED) is 0.283. The maximum absolute atomic E-state index is 8.89. The van der Waals surface area contributed by atoms with Gasteiger partial charge in [-0.1, -0.05) is 7.43 Å². The van der Waals surface area contributed by atoms with Gasteiger partial charge < -0.3 is 9.90 Å². The number of carbonyl (C=O) groups excluding carboxylic acids is 1. The first-order chi connectivity index (χ1) is 1.73. The summed E-state index contributed by atoms with van der Waals surface area (Å²) in [5, 5.41) is 8.89. The molecule has 0 aliphatic heterocycles. The Morgan fingerprint density at radius 3 is 1.67 bits per heavy atom. The Morgan fingerprint density at radius 1 is 1.67 bits per heavy atom. The number of carbonyl (C=O) groups is 1. The van der Waals surface area contributed by atoms with E-state index in [1.165, 1.54) is 0 Å². The molecule has 0 N–H and O–H groups in total. The van der Waals surface area contributed by atoms with Gasteiger partial charge in [0.15, 0.2) is 0 Å². The molecule has 0 aromatic carbocycles. The maximum Gasteiger partial charge on any atom is 1.00 e. The minimum Gasteiger partial charge on any atom is -0.550 e. The molecule has 0 aromatic heterocycles. The van der Waals surface area contributed by atoms with Gasteiger partial charge in [-0.05, 0) is 6.92 Å². The molecule has 0 aliphatic carbocycles. The Kier molecular flexibility index (Phi) is 24.6. The van der Waals surface area contributed by atoms with Gasteiger partial charge in [0.2, 0.25) is 0 Å². The van der Waals surface area contributed by atoms with Crippen molar-refractivity contribution in [3.8, 4) is 0 Å². The number of aliphatic carboxylic acids is 1. The molecule has 0 bridgehead atoms. The van der Waals surface area contributed by atoms with Crippen molar-refractivity contribution in [3.63, 3.8) is 0 Å². The minimum atomic E-state index is -1.08. The standard InChI is InChI=1S/C2H4O2.CH4.Li/c1-2(3)4;;/h1H3,(H,3,4);1H4;/q;;+1/p-1. The topological polar surface area (TPSA) is 40.1 Å². The monoisotopic (exact) mass is 82.1 g/mol. The van der Waals surface area contributed by atoms with Gasteiger partial charge in [0, 0.05) is 5.97 Å². The SMILES string of the molecule is C.CC(=O)[O-].[Li+]. The summed E-state index contributed by atoms with van der Waals surface area (Å²) in [6.07, 6.45) is 0. The molecule has 0 unspecified atom stereocenters. The van der Waals surface area contributed by atoms with Crippen molar-refractivity contribution in [2.75, 3.05) is 0 Å². The second-order valence-corrected chi connectivity index (χ2v) is 0.492. The van der Waals surface area contributed by atoms with Crippen LogP contribution >= 0.6 is 0 Å². The predicted molar refractivity (Wildman–Crippen MR) is 17.4 cm³/mol. The van der Waals surface area contributed by atoms with Gasteiger partial charge in [-0.25, -0.2) is 0 Å². The zero-order chi connectivity index (χ0) is 3.58. The van der Waals surface area contributed by atoms with Crippen molar-refractivity contribution in [1.82, 2.24) is 0 Å². The molecule has 2 nitrogen and oxygen atoms in total. The van der Waals surface area contributed by atoms with E-state index in [9.17, 15) is 0 Å². The van der Waals surface area contributed by atoms with E-state index in [-0.39, 0.29) is 26.3 Å². The Morgan fingerprint density at radius 2 is 1.67 bits per heavy atom. The minimum absolute atomic E-state index is 0. The Bertz CT molecular complexity index is 31.8. The summed E-state index contributed by atoms with van der Waals surface area (Å²) >= 11 is 0. The van der Waals surface area contributed by atoms with E-state index in [0.717, 1.165) is 6.92 Å². The Labute approximate surface area is 49.7 Å². The number of carboxylic acid groups (broad SMARTS) is 1. The van der Waals surface area contributed by atoms with Crippen LogP contribution in [0.5, 0.6) is 0 Å². The summed E-state index contributed by atoms with van der Waals surface area (Å²) in [5.41, 5.74) is 0. The molecule has 3 heteroatoms. The molecule has 0 saturated carbocycles. The summed E-state index contributed by atoms with van der Waals surface area (Å²) in [7, 11) is 0. The Balaban J connectivity index is -0.0000000450. The van der Waals surface area contributed by atoms with E-state index < -0.39 is 5.97 Å². The van der Waals surface area contributed by atoms with Gasteiger partial charge in [0.05, 0.1) is 0 Å². The molecule has 0 aliphatic rings. The van der Waals surface area contributed by atoms with Crippen LogP contribution in [-0.4, -0.2) is 5.97 Å². The second kappa shape index (κ2) is 8.91. The third-order valence-electron chi connectivity index (χ3n) is 0. The second-order valence-electron chi connectivity index (χ2n) is 0.492. The average Bonchev–Trinajstić information content (AvgIpc) is 0.811. The van der Waals surface area contributed by atoms with Crippen molar-refractivity contribution in [2.45, 2.75) is 14.4 Å². The molecule has 0 fully saturated rings. The first kappa shape index (κ1) is 16.6. The Hall–Kier alpha value is 0.0674. The predicted octanol–water partition coefficient (Wildman–Crippen LogP) is -3.60. The van der Waals surface area contributed by atoms with E-state index >= 15 is 0 Å². The van der Waals surface area contributed by atoms with Gasteiger partial charge in [0.1, 0.15) is 0 Å². The van der Waals surface area contributed by atoms with Crippen LogP contribution in [-0.2, 0) is 4.79 Å². The van der Waals surface area contributed by atoms with E-state index in [1.807, 2.05) is 0 Å². The number of carboxylic acids is 1. The van der Waals surface area contributed by atoms with Crippen molar-refractivity contribution in [3.05, 3.63) is 0 Å². The largest absolute Gasteiger partial charge is 1.00 e. The molecule has 32 valence electrons. The summed E-state index contributed by atoms with van der Waals surface area (Å²) in [6.45, 7) is 0.972. The molecule has 0 rings (SSSR count). The summed E-state index contributed by atoms with van der Waals surface area (Å²) in [6, 6.07) is 0. The third-order valence-corrected chi connectivity index (χ3v) is 0. The first-order valence-electron chi connectivity index (χ1n) is 0.908. The summed E-state index contributed by atoms with van der Waals surface area (Å²) in [5.74, 6) is -1.08. The zero-order valence-electron chi connectivity index (χ0n) is 3.32. The zero-order valence-corrected chi connectivity index (χ0v) is 3.32. The van der Waals surface area contributed by atoms with Crippen LogP contribution < -0.4 is 24.0 Å². The number of rotatable bonds is 0. The van der Waals surface area contributed by atoms with E-state index in [4.69, 9.17) is 9.90 Å². The third kappa shape index (κ3) is 8420. The molecular weight excluding hydrogens is 75.0 g/mol. The maximum atomic E-state index is 8.89. The van der Waals surface area contributed by atoms with Crippen LogP contribution in [0.3, 0.4) is 0 Å². The van der Waals surface area contributed by atoms with E-state index in [1.54, 1.807) is 0 Å². The van der Waals surface area contributed by atoms with Crippen molar-refractivity contribution in [1.29, 1.82) is 0 Å². The van der Waals surface area contributed by atoms with Gasteiger partial charge in [0.25, 0.3) is 0 Å². The fourth-order valence-electron chi connectivity index (χ4n) is 0. The molecule has 6 heavy (non-hydrogen) atoms. The average molecular weight is 82.0 g/mol. The summed E-state index contributed by atoms with van der Waals surface area (Å²) < 4.78 is 0. The van der Waals surface area contributed by atoms with Gasteiger partial charge in [-0.15, -0.1) is 0 Å².